The number of rotatable bonds is 4. The Labute approximate surface area is 142 Å². The van der Waals surface area contributed by atoms with Crippen LogP contribution >= 0.6 is 11.6 Å². The number of ether oxygens (including phenoxy) is 1. The summed E-state index contributed by atoms with van der Waals surface area (Å²) in [4.78, 5) is 12.1. The molecule has 7 heteroatoms. The third-order valence-electron chi connectivity index (χ3n) is 3.22. The van der Waals surface area contributed by atoms with Gasteiger partial charge in [0.25, 0.3) is 5.91 Å². The number of amides is 1. The minimum Gasteiger partial charge on any atom is -0.481 e. The van der Waals surface area contributed by atoms with Crippen LogP contribution in [0.3, 0.4) is 0 Å². The Bertz CT molecular complexity index is 747. The maximum absolute atomic E-state index is 12.7. The van der Waals surface area contributed by atoms with Crippen molar-refractivity contribution in [2.24, 2.45) is 0 Å². The zero-order valence-corrected chi connectivity index (χ0v) is 13.7. The average Bonchev–Trinajstić information content (AvgIpc) is 2.48. The molecule has 1 amide bonds. The summed E-state index contributed by atoms with van der Waals surface area (Å²) in [5, 5.41) is 2.37. The van der Waals surface area contributed by atoms with Gasteiger partial charge in [0.05, 0.1) is 16.3 Å². The number of alkyl halides is 3. The van der Waals surface area contributed by atoms with E-state index in [1.807, 2.05) is 13.0 Å². The van der Waals surface area contributed by atoms with Gasteiger partial charge in [0.2, 0.25) is 0 Å². The van der Waals surface area contributed by atoms with Crippen molar-refractivity contribution in [2.75, 3.05) is 5.32 Å². The number of hydrogen-bond acceptors (Lipinski definition) is 2. The van der Waals surface area contributed by atoms with Crippen LogP contribution in [0.4, 0.5) is 18.9 Å². The topological polar surface area (TPSA) is 38.3 Å². The van der Waals surface area contributed by atoms with Gasteiger partial charge < -0.3 is 10.1 Å². The normalized spacial score (nSPS) is 12.6. The molecule has 1 unspecified atom stereocenters. The van der Waals surface area contributed by atoms with Crippen molar-refractivity contribution in [2.45, 2.75) is 26.1 Å². The second-order valence-corrected chi connectivity index (χ2v) is 5.67. The number of aryl methyl sites for hydroxylation is 1. The average molecular weight is 358 g/mol. The van der Waals surface area contributed by atoms with E-state index >= 15 is 0 Å². The Kier molecular flexibility index (Phi) is 5.39. The third kappa shape index (κ3) is 4.64. The summed E-state index contributed by atoms with van der Waals surface area (Å²) in [5.41, 5.74) is -0.0494. The lowest BCUT2D eigenvalue weighted by atomic mass is 10.2. The van der Waals surface area contributed by atoms with E-state index in [1.165, 1.54) is 6.92 Å². The fourth-order valence-corrected chi connectivity index (χ4v) is 2.14. The van der Waals surface area contributed by atoms with E-state index in [9.17, 15) is 18.0 Å². The lowest BCUT2D eigenvalue weighted by molar-refractivity contribution is -0.137. The van der Waals surface area contributed by atoms with Crippen LogP contribution in [0.1, 0.15) is 18.1 Å². The van der Waals surface area contributed by atoms with Gasteiger partial charge in [0, 0.05) is 0 Å². The number of anilines is 1. The van der Waals surface area contributed by atoms with E-state index in [-0.39, 0.29) is 10.7 Å². The minimum absolute atomic E-state index is 0.0131. The number of carbonyl (C=O) groups is 1. The molecule has 1 atom stereocenters. The minimum atomic E-state index is -4.52. The van der Waals surface area contributed by atoms with E-state index in [1.54, 1.807) is 18.2 Å². The molecule has 24 heavy (non-hydrogen) atoms. The van der Waals surface area contributed by atoms with Gasteiger partial charge in [-0.05, 0) is 49.7 Å². The van der Waals surface area contributed by atoms with E-state index in [2.05, 4.69) is 5.32 Å². The molecule has 3 nitrogen and oxygen atoms in total. The van der Waals surface area contributed by atoms with E-state index in [0.29, 0.717) is 5.75 Å². The first-order chi connectivity index (χ1) is 11.2. The van der Waals surface area contributed by atoms with E-state index < -0.39 is 23.8 Å². The smallest absolute Gasteiger partial charge is 0.416 e. The molecular weight excluding hydrogens is 343 g/mol. The van der Waals surface area contributed by atoms with Gasteiger partial charge in [0.15, 0.2) is 6.10 Å². The highest BCUT2D eigenvalue weighted by atomic mass is 35.5. The maximum Gasteiger partial charge on any atom is 0.416 e. The first-order valence-corrected chi connectivity index (χ1v) is 7.45. The highest BCUT2D eigenvalue weighted by Crippen LogP contribution is 2.33. The van der Waals surface area contributed by atoms with Gasteiger partial charge in [0.1, 0.15) is 5.75 Å². The largest absolute Gasteiger partial charge is 0.481 e. The summed E-state index contributed by atoms with van der Waals surface area (Å²) in [6, 6.07) is 9.82. The van der Waals surface area contributed by atoms with Crippen molar-refractivity contribution in [1.82, 2.24) is 0 Å². The first kappa shape index (κ1) is 18.1. The van der Waals surface area contributed by atoms with Gasteiger partial charge >= 0.3 is 6.18 Å². The van der Waals surface area contributed by atoms with Gasteiger partial charge in [-0.1, -0.05) is 23.7 Å². The summed E-state index contributed by atoms with van der Waals surface area (Å²) in [6.45, 7) is 3.37. The molecule has 2 aromatic rings. The first-order valence-electron chi connectivity index (χ1n) is 7.08. The van der Waals surface area contributed by atoms with Crippen LogP contribution in [0.25, 0.3) is 0 Å². The fourth-order valence-electron chi connectivity index (χ4n) is 1.98. The number of halogens is 4. The van der Waals surface area contributed by atoms with E-state index in [0.717, 1.165) is 23.8 Å². The standard InChI is InChI=1S/C17H15ClF3NO2/c1-10-4-3-5-13(8-10)24-11(2)16(23)22-15-9-12(17(19,20)21)6-7-14(15)18/h3-9,11H,1-2H3,(H,22,23). The van der Waals surface area contributed by atoms with Crippen LogP contribution in [0.15, 0.2) is 42.5 Å². The quantitative estimate of drug-likeness (QED) is 0.829. The Balaban J connectivity index is 2.11. The van der Waals surface area contributed by atoms with Crippen molar-refractivity contribution < 1.29 is 22.7 Å². The van der Waals surface area contributed by atoms with Crippen molar-refractivity contribution in [3.05, 3.63) is 58.6 Å². The van der Waals surface area contributed by atoms with Crippen LogP contribution in [-0.4, -0.2) is 12.0 Å². The molecule has 128 valence electrons. The molecule has 2 aromatic carbocycles. The predicted molar refractivity (Wildman–Crippen MR) is 86.4 cm³/mol. The zero-order valence-electron chi connectivity index (χ0n) is 12.9. The highest BCUT2D eigenvalue weighted by Gasteiger charge is 2.31. The van der Waals surface area contributed by atoms with Gasteiger partial charge in [-0.25, -0.2) is 0 Å². The van der Waals surface area contributed by atoms with Crippen LogP contribution in [0.2, 0.25) is 5.02 Å². The fraction of sp³-hybridized carbons (Fsp3) is 0.235. The Hall–Kier alpha value is -2.21. The van der Waals surface area contributed by atoms with Crippen molar-refractivity contribution in [3.8, 4) is 5.75 Å². The maximum atomic E-state index is 12.7. The molecule has 0 saturated heterocycles. The van der Waals surface area contributed by atoms with Crippen LogP contribution in [-0.2, 0) is 11.0 Å². The Morgan fingerprint density at radius 2 is 1.92 bits per heavy atom. The molecule has 0 aliphatic carbocycles. The molecule has 2 rings (SSSR count). The molecule has 0 spiro atoms. The number of hydrogen-bond donors (Lipinski definition) is 1. The SMILES string of the molecule is Cc1cccc(OC(C)C(=O)Nc2cc(C(F)(F)F)ccc2Cl)c1. The summed E-state index contributed by atoms with van der Waals surface area (Å²) in [7, 11) is 0. The van der Waals surface area contributed by atoms with Gasteiger partial charge in [-0.2, -0.15) is 13.2 Å². The Morgan fingerprint density at radius 3 is 2.54 bits per heavy atom. The van der Waals surface area contributed by atoms with Crippen LogP contribution < -0.4 is 10.1 Å². The van der Waals surface area contributed by atoms with Crippen molar-refractivity contribution >= 4 is 23.2 Å². The van der Waals surface area contributed by atoms with Crippen molar-refractivity contribution in [3.63, 3.8) is 0 Å². The zero-order chi connectivity index (χ0) is 17.9. The summed E-state index contributed by atoms with van der Waals surface area (Å²) in [6.07, 6.45) is -5.43. The molecule has 0 radical (unpaired) electrons. The third-order valence-corrected chi connectivity index (χ3v) is 3.55. The van der Waals surface area contributed by atoms with Crippen LogP contribution in [0, 0.1) is 6.92 Å². The number of carbonyl (C=O) groups excluding carboxylic acids is 1. The molecule has 0 aromatic heterocycles. The summed E-state index contributed by atoms with van der Waals surface area (Å²) in [5.74, 6) is -0.106. The molecule has 0 aliphatic rings. The van der Waals surface area contributed by atoms with Crippen LogP contribution in [0.5, 0.6) is 5.75 Å². The second-order valence-electron chi connectivity index (χ2n) is 5.26. The Morgan fingerprint density at radius 1 is 1.21 bits per heavy atom. The second kappa shape index (κ2) is 7.13. The molecule has 0 aliphatic heterocycles. The number of benzene rings is 2. The highest BCUT2D eigenvalue weighted by molar-refractivity contribution is 6.33. The number of nitrogens with one attached hydrogen (secondary N) is 1. The molecule has 0 heterocycles. The van der Waals surface area contributed by atoms with Crippen molar-refractivity contribution in [1.29, 1.82) is 0 Å². The van der Waals surface area contributed by atoms with Gasteiger partial charge in [-0.3, -0.25) is 4.79 Å². The summed E-state index contributed by atoms with van der Waals surface area (Å²) >= 11 is 5.85. The molecular formula is C17H15ClF3NO2. The molecule has 1 N–H and O–H groups in total. The molecule has 0 saturated carbocycles. The van der Waals surface area contributed by atoms with Gasteiger partial charge in [-0.15, -0.1) is 0 Å². The lowest BCUT2D eigenvalue weighted by Gasteiger charge is -2.16. The molecule has 0 bridgehead atoms. The summed E-state index contributed by atoms with van der Waals surface area (Å²) < 4.78 is 43.7. The monoisotopic (exact) mass is 357 g/mol. The predicted octanol–water partition coefficient (Wildman–Crippen LogP) is 5.07. The van der Waals surface area contributed by atoms with E-state index in [4.69, 9.17) is 16.3 Å². The lowest BCUT2D eigenvalue weighted by Crippen LogP contribution is -2.30. The molecule has 0 fully saturated rings.